The van der Waals surface area contributed by atoms with Crippen molar-refractivity contribution in [2.75, 3.05) is 42.6 Å². The molecule has 3 saturated heterocycles. The largest absolute Gasteiger partial charge is 0.394 e. The Hall–Kier alpha value is -3.95. The quantitative estimate of drug-likeness (QED) is 0.255. The lowest BCUT2D eigenvalue weighted by atomic mass is 9.70. The number of fused-ring (bicyclic) bond motifs is 1. The summed E-state index contributed by atoms with van der Waals surface area (Å²) >= 11 is 0. The van der Waals surface area contributed by atoms with E-state index in [0.29, 0.717) is 38.0 Å². The molecule has 3 fully saturated rings. The summed E-state index contributed by atoms with van der Waals surface area (Å²) in [5.41, 5.74) is 1.53. The van der Waals surface area contributed by atoms with Gasteiger partial charge in [0.25, 0.3) is 5.91 Å². The molecule has 1 spiro atoms. The molecule has 3 aliphatic heterocycles. The third-order valence-corrected chi connectivity index (χ3v) is 10.8. The summed E-state index contributed by atoms with van der Waals surface area (Å²) < 4.78 is 6.78. The van der Waals surface area contributed by atoms with Gasteiger partial charge < -0.3 is 29.4 Å². The summed E-state index contributed by atoms with van der Waals surface area (Å²) in [5, 5.41) is 10.8. The van der Waals surface area contributed by atoms with Gasteiger partial charge in [-0.2, -0.15) is 0 Å². The molecule has 0 saturated carbocycles. The van der Waals surface area contributed by atoms with Crippen LogP contribution in [0.1, 0.15) is 52.5 Å². The monoisotopic (exact) mass is 656 g/mol. The molecule has 2 unspecified atom stereocenters. The Balaban J connectivity index is 1.56. The van der Waals surface area contributed by atoms with Crippen LogP contribution in [0.5, 0.6) is 0 Å². The van der Waals surface area contributed by atoms with Crippen molar-refractivity contribution >= 4 is 29.1 Å². The molecule has 1 N–H and O–H groups in total. The van der Waals surface area contributed by atoms with Crippen molar-refractivity contribution < 1.29 is 24.2 Å². The van der Waals surface area contributed by atoms with E-state index in [1.165, 1.54) is 0 Å². The van der Waals surface area contributed by atoms with E-state index < -0.39 is 35.6 Å². The SMILES string of the molecule is C=CCN(Cc1ccccc1)C(=O)[C@@H]1[C@@H]2CCC3(O2)C(C(=O)N(CC=C)c2ccc(N(CC)CC)cc2)N([C@@H](CO)[C@@H](C)CC)C(=O)[C@H]13. The third-order valence-electron chi connectivity index (χ3n) is 10.8. The number of carbonyl (C=O) groups excluding carboxylic acids is 3. The standard InChI is InChI=1S/C39H52N4O5/c1-7-23-41(25-28-15-13-12-14-16-28)36(45)33-32-21-22-39(48-32)34(33)37(46)43(31(26-44)27(6)9-3)35(39)38(47)42(24-8-2)30-19-17-29(18-20-30)40(10-4)11-5/h7-8,12-20,27,31-35,44H,1-2,9-11,21-26H2,3-6H3/t27-,31-,32-,33+,34-,35?,39?/m0/s1. The molecule has 0 radical (unpaired) electrons. The molecule has 2 aromatic carbocycles. The molecule has 3 amide bonds. The Morgan fingerprint density at radius 2 is 1.65 bits per heavy atom. The van der Waals surface area contributed by atoms with Crippen molar-refractivity contribution in [2.24, 2.45) is 17.8 Å². The lowest BCUT2D eigenvalue weighted by molar-refractivity contribution is -0.148. The fraction of sp³-hybridized carbons (Fsp3) is 0.513. The first-order valence-electron chi connectivity index (χ1n) is 17.5. The average molecular weight is 657 g/mol. The summed E-state index contributed by atoms with van der Waals surface area (Å²) in [6, 6.07) is 16.0. The van der Waals surface area contributed by atoms with Gasteiger partial charge in [0.05, 0.1) is 30.6 Å². The molecule has 7 atom stereocenters. The third kappa shape index (κ3) is 6.18. The van der Waals surface area contributed by atoms with Gasteiger partial charge in [0.15, 0.2) is 0 Å². The van der Waals surface area contributed by atoms with Crippen molar-refractivity contribution in [3.05, 3.63) is 85.5 Å². The molecular formula is C39H52N4O5. The van der Waals surface area contributed by atoms with Gasteiger partial charge in [-0.1, -0.05) is 62.8 Å². The van der Waals surface area contributed by atoms with Gasteiger partial charge in [0.1, 0.15) is 11.6 Å². The highest BCUT2D eigenvalue weighted by Gasteiger charge is 2.75. The number of benzene rings is 2. The minimum Gasteiger partial charge on any atom is -0.394 e. The van der Waals surface area contributed by atoms with E-state index in [0.717, 1.165) is 24.3 Å². The molecule has 0 aliphatic carbocycles. The maximum atomic E-state index is 15.0. The molecule has 9 heteroatoms. The van der Waals surface area contributed by atoms with Gasteiger partial charge in [-0.05, 0) is 62.4 Å². The first-order chi connectivity index (χ1) is 23.2. The van der Waals surface area contributed by atoms with E-state index in [-0.39, 0.29) is 36.8 Å². The van der Waals surface area contributed by atoms with Gasteiger partial charge in [-0.3, -0.25) is 14.4 Å². The van der Waals surface area contributed by atoms with Gasteiger partial charge in [-0.25, -0.2) is 0 Å². The summed E-state index contributed by atoms with van der Waals surface area (Å²) in [7, 11) is 0. The van der Waals surface area contributed by atoms with Gasteiger partial charge in [-0.15, -0.1) is 13.2 Å². The van der Waals surface area contributed by atoms with Crippen LogP contribution < -0.4 is 9.80 Å². The predicted octanol–water partition coefficient (Wildman–Crippen LogP) is 5.05. The molecule has 48 heavy (non-hydrogen) atoms. The molecule has 258 valence electrons. The number of rotatable bonds is 16. The zero-order valence-electron chi connectivity index (χ0n) is 29.0. The summed E-state index contributed by atoms with van der Waals surface area (Å²) in [6.45, 7) is 18.4. The lowest BCUT2D eigenvalue weighted by Crippen LogP contribution is -2.60. The van der Waals surface area contributed by atoms with Crippen molar-refractivity contribution in [3.63, 3.8) is 0 Å². The van der Waals surface area contributed by atoms with Crippen LogP contribution in [0.25, 0.3) is 0 Å². The first-order valence-corrected chi connectivity index (χ1v) is 17.5. The van der Waals surface area contributed by atoms with Crippen LogP contribution in [-0.4, -0.2) is 89.2 Å². The van der Waals surface area contributed by atoms with Crippen LogP contribution in [-0.2, 0) is 25.7 Å². The molecule has 9 nitrogen and oxygen atoms in total. The van der Waals surface area contributed by atoms with Gasteiger partial charge in [0, 0.05) is 44.1 Å². The second-order valence-electron chi connectivity index (χ2n) is 13.4. The van der Waals surface area contributed by atoms with Crippen molar-refractivity contribution in [1.82, 2.24) is 9.80 Å². The van der Waals surface area contributed by atoms with Crippen molar-refractivity contribution in [2.45, 2.75) is 77.3 Å². The topological polar surface area (TPSA) is 93.6 Å². The molecule has 2 bridgehead atoms. The number of hydrogen-bond donors (Lipinski definition) is 1. The molecule has 2 aromatic rings. The smallest absolute Gasteiger partial charge is 0.253 e. The van der Waals surface area contributed by atoms with E-state index in [9.17, 15) is 14.7 Å². The molecule has 5 rings (SSSR count). The van der Waals surface area contributed by atoms with Crippen LogP contribution in [0, 0.1) is 17.8 Å². The Labute approximate surface area is 285 Å². The molecule has 0 aromatic heterocycles. The van der Waals surface area contributed by atoms with E-state index in [4.69, 9.17) is 4.74 Å². The molecule has 3 heterocycles. The Morgan fingerprint density at radius 1 is 1.00 bits per heavy atom. The van der Waals surface area contributed by atoms with Crippen molar-refractivity contribution in [3.8, 4) is 0 Å². The highest BCUT2D eigenvalue weighted by molar-refractivity contribution is 6.05. The minimum absolute atomic E-state index is 0.0904. The fourth-order valence-electron chi connectivity index (χ4n) is 8.26. The highest BCUT2D eigenvalue weighted by Crippen LogP contribution is 2.59. The number of anilines is 2. The number of hydrogen-bond acceptors (Lipinski definition) is 6. The number of aliphatic hydroxyl groups excluding tert-OH is 1. The Morgan fingerprint density at radius 3 is 2.23 bits per heavy atom. The first kappa shape index (κ1) is 35.4. The number of amides is 3. The van der Waals surface area contributed by atoms with E-state index in [2.05, 4.69) is 31.9 Å². The van der Waals surface area contributed by atoms with Crippen LogP contribution in [0.2, 0.25) is 0 Å². The predicted molar refractivity (Wildman–Crippen MR) is 189 cm³/mol. The number of nitrogens with zero attached hydrogens (tertiary/aromatic N) is 4. The van der Waals surface area contributed by atoms with E-state index >= 15 is 4.79 Å². The van der Waals surface area contributed by atoms with Crippen LogP contribution in [0.3, 0.4) is 0 Å². The zero-order valence-corrected chi connectivity index (χ0v) is 29.0. The molecular weight excluding hydrogens is 604 g/mol. The number of ether oxygens (including phenoxy) is 1. The summed E-state index contributed by atoms with van der Waals surface area (Å²) in [5.74, 6) is -2.42. The van der Waals surface area contributed by atoms with Gasteiger partial charge in [0.2, 0.25) is 11.8 Å². The number of carbonyl (C=O) groups is 3. The van der Waals surface area contributed by atoms with Crippen molar-refractivity contribution in [1.29, 1.82) is 0 Å². The normalized spacial score (nSPS) is 25.4. The lowest BCUT2D eigenvalue weighted by Gasteiger charge is -2.41. The Bertz CT molecular complexity index is 1460. The molecule has 3 aliphatic rings. The zero-order chi connectivity index (χ0) is 34.6. The Kier molecular flexibility index (Phi) is 11.1. The van der Waals surface area contributed by atoms with Gasteiger partial charge >= 0.3 is 0 Å². The van der Waals surface area contributed by atoms with E-state index in [1.54, 1.807) is 26.9 Å². The number of aliphatic hydroxyl groups is 1. The highest BCUT2D eigenvalue weighted by atomic mass is 16.5. The second kappa shape index (κ2) is 15.1. The second-order valence-corrected chi connectivity index (χ2v) is 13.4. The van der Waals surface area contributed by atoms with Crippen LogP contribution >= 0.6 is 0 Å². The maximum Gasteiger partial charge on any atom is 0.253 e. The fourth-order valence-corrected chi connectivity index (χ4v) is 8.26. The maximum absolute atomic E-state index is 15.0. The summed E-state index contributed by atoms with van der Waals surface area (Å²) in [6.07, 6.45) is 4.64. The van der Waals surface area contributed by atoms with Crippen LogP contribution in [0.15, 0.2) is 79.9 Å². The average Bonchev–Trinajstić information content (AvgIpc) is 3.75. The van der Waals surface area contributed by atoms with Crippen LogP contribution in [0.4, 0.5) is 11.4 Å². The number of likely N-dealkylation sites (tertiary alicyclic amines) is 1. The summed E-state index contributed by atoms with van der Waals surface area (Å²) in [4.78, 5) is 51.6. The minimum atomic E-state index is -1.19. The van der Waals surface area contributed by atoms with E-state index in [1.807, 2.05) is 68.4 Å².